The highest BCUT2D eigenvalue weighted by Crippen LogP contribution is 2.36. The highest BCUT2D eigenvalue weighted by molar-refractivity contribution is 7.99. The van der Waals surface area contributed by atoms with E-state index in [0.717, 1.165) is 28.1 Å². The Balaban J connectivity index is 1.27. The molecule has 2 saturated carbocycles. The third-order valence-electron chi connectivity index (χ3n) is 6.14. The molecule has 2 aliphatic carbocycles. The zero-order chi connectivity index (χ0) is 20.3. The van der Waals surface area contributed by atoms with Crippen LogP contribution in [0.2, 0.25) is 0 Å². The summed E-state index contributed by atoms with van der Waals surface area (Å²) in [5.41, 5.74) is 1.81. The minimum Gasteiger partial charge on any atom is -0.451 e. The van der Waals surface area contributed by atoms with Gasteiger partial charge in [-0.1, -0.05) is 37.5 Å². The lowest BCUT2D eigenvalue weighted by Gasteiger charge is -2.20. The van der Waals surface area contributed by atoms with Crippen LogP contribution in [0.3, 0.4) is 0 Å². The number of fused-ring (bicyclic) bond motifs is 1. The van der Waals surface area contributed by atoms with Gasteiger partial charge < -0.3 is 14.3 Å². The van der Waals surface area contributed by atoms with Crippen LogP contribution in [0.5, 0.6) is 0 Å². The molecule has 0 radical (unpaired) electrons. The Labute approximate surface area is 180 Å². The van der Waals surface area contributed by atoms with Gasteiger partial charge in [0, 0.05) is 41.0 Å². The molecular weight excluding hydrogens is 396 g/mol. The van der Waals surface area contributed by atoms with Crippen molar-refractivity contribution in [3.05, 3.63) is 47.7 Å². The number of hydrogen-bond donors (Lipinski definition) is 1. The van der Waals surface area contributed by atoms with Gasteiger partial charge in [-0.25, -0.2) is 0 Å². The van der Waals surface area contributed by atoms with Crippen LogP contribution < -0.4 is 5.32 Å². The number of furan rings is 1. The zero-order valence-corrected chi connectivity index (χ0v) is 18.0. The van der Waals surface area contributed by atoms with Gasteiger partial charge in [-0.2, -0.15) is 11.8 Å². The average Bonchev–Trinajstić information content (AvgIpc) is 3.40. The van der Waals surface area contributed by atoms with Crippen molar-refractivity contribution in [2.45, 2.75) is 68.4 Å². The Kier molecular flexibility index (Phi) is 5.79. The average molecular weight is 425 g/mol. The lowest BCUT2D eigenvalue weighted by molar-refractivity contribution is 0.0927. The van der Waals surface area contributed by atoms with Crippen LogP contribution in [0, 0.1) is 0 Å². The van der Waals surface area contributed by atoms with E-state index in [9.17, 15) is 4.79 Å². The van der Waals surface area contributed by atoms with E-state index in [1.54, 1.807) is 6.33 Å². The van der Waals surface area contributed by atoms with Crippen LogP contribution in [0.1, 0.15) is 72.9 Å². The molecule has 0 unspecified atom stereocenters. The summed E-state index contributed by atoms with van der Waals surface area (Å²) in [5, 5.41) is 13.0. The fraction of sp³-hybridized carbons (Fsp3) is 0.522. The Morgan fingerprint density at radius 3 is 2.83 bits per heavy atom. The Morgan fingerprint density at radius 1 is 1.17 bits per heavy atom. The molecule has 6 nitrogen and oxygen atoms in total. The number of hydrogen-bond acceptors (Lipinski definition) is 5. The molecule has 2 aromatic heterocycles. The summed E-state index contributed by atoms with van der Waals surface area (Å²) < 4.78 is 8.14. The number of para-hydroxylation sites is 1. The standard InChI is InChI=1S/C23H28N4O2S/c28-23(24-13-12-21-26-25-15-27(21)16-10-11-16)22-19(14-30-17-6-2-1-3-7-17)18-8-4-5-9-20(18)29-22/h4-5,8-9,15-17H,1-3,6-7,10-14H2,(H,24,28). The molecule has 1 amide bonds. The number of aromatic nitrogens is 3. The number of carbonyl (C=O) groups excluding carboxylic acids is 1. The van der Waals surface area contributed by atoms with E-state index in [-0.39, 0.29) is 5.91 Å². The predicted molar refractivity (Wildman–Crippen MR) is 119 cm³/mol. The van der Waals surface area contributed by atoms with Gasteiger partial charge in [-0.15, -0.1) is 10.2 Å². The van der Waals surface area contributed by atoms with Crippen LogP contribution in [0.25, 0.3) is 11.0 Å². The predicted octanol–water partition coefficient (Wildman–Crippen LogP) is 4.90. The second-order valence-electron chi connectivity index (χ2n) is 8.37. The second kappa shape index (κ2) is 8.84. The van der Waals surface area contributed by atoms with Crippen molar-refractivity contribution < 1.29 is 9.21 Å². The molecule has 2 fully saturated rings. The van der Waals surface area contributed by atoms with E-state index in [2.05, 4.69) is 26.1 Å². The summed E-state index contributed by atoms with van der Waals surface area (Å²) in [4.78, 5) is 13.0. The fourth-order valence-electron chi connectivity index (χ4n) is 4.33. The topological polar surface area (TPSA) is 73.0 Å². The lowest BCUT2D eigenvalue weighted by atomic mass is 10.0. The number of carbonyl (C=O) groups is 1. The van der Waals surface area contributed by atoms with E-state index in [1.807, 2.05) is 30.0 Å². The minimum absolute atomic E-state index is 0.136. The summed E-state index contributed by atoms with van der Waals surface area (Å²) >= 11 is 1.97. The van der Waals surface area contributed by atoms with Crippen molar-refractivity contribution >= 4 is 28.6 Å². The van der Waals surface area contributed by atoms with Gasteiger partial charge in [-0.3, -0.25) is 4.79 Å². The molecule has 0 atom stereocenters. The molecule has 0 saturated heterocycles. The fourth-order valence-corrected chi connectivity index (χ4v) is 5.69. The Morgan fingerprint density at radius 2 is 2.00 bits per heavy atom. The first-order valence-electron chi connectivity index (χ1n) is 11.1. The summed E-state index contributed by atoms with van der Waals surface area (Å²) in [6.45, 7) is 0.524. The van der Waals surface area contributed by atoms with E-state index < -0.39 is 0 Å². The summed E-state index contributed by atoms with van der Waals surface area (Å²) in [6, 6.07) is 8.52. The van der Waals surface area contributed by atoms with Crippen molar-refractivity contribution in [3.63, 3.8) is 0 Å². The summed E-state index contributed by atoms with van der Waals surface area (Å²) in [6.07, 6.45) is 11.4. The van der Waals surface area contributed by atoms with E-state index in [0.29, 0.717) is 30.0 Å². The summed E-state index contributed by atoms with van der Waals surface area (Å²) in [5.74, 6) is 2.09. The van der Waals surface area contributed by atoms with Crippen molar-refractivity contribution in [1.82, 2.24) is 20.1 Å². The smallest absolute Gasteiger partial charge is 0.287 e. The molecule has 0 aliphatic heterocycles. The Hall–Kier alpha value is -2.28. The van der Waals surface area contributed by atoms with Crippen molar-refractivity contribution in [2.75, 3.05) is 6.54 Å². The van der Waals surface area contributed by atoms with Gasteiger partial charge >= 0.3 is 0 Å². The number of amides is 1. The molecule has 158 valence electrons. The maximum absolute atomic E-state index is 13.0. The maximum atomic E-state index is 13.0. The van der Waals surface area contributed by atoms with E-state index >= 15 is 0 Å². The SMILES string of the molecule is O=C(NCCc1nncn1C1CC1)c1oc2ccccc2c1CSC1CCCCC1. The van der Waals surface area contributed by atoms with Crippen LogP contribution in [-0.2, 0) is 12.2 Å². The monoisotopic (exact) mass is 424 g/mol. The number of nitrogens with zero attached hydrogens (tertiary/aromatic N) is 3. The first kappa shape index (κ1) is 19.7. The van der Waals surface area contributed by atoms with Gasteiger partial charge in [-0.05, 0) is 31.7 Å². The molecule has 2 aliphatic rings. The van der Waals surface area contributed by atoms with E-state index in [1.165, 1.54) is 44.9 Å². The number of thioether (sulfide) groups is 1. The normalized spacial score (nSPS) is 17.5. The van der Waals surface area contributed by atoms with Gasteiger partial charge in [0.15, 0.2) is 5.76 Å². The Bertz CT molecular complexity index is 1020. The van der Waals surface area contributed by atoms with Gasteiger partial charge in [0.2, 0.25) is 0 Å². The van der Waals surface area contributed by atoms with Gasteiger partial charge in [0.05, 0.1) is 0 Å². The van der Waals surface area contributed by atoms with Gasteiger partial charge in [0.1, 0.15) is 17.7 Å². The molecule has 1 aromatic carbocycles. The molecule has 0 bridgehead atoms. The number of rotatable bonds is 8. The first-order valence-corrected chi connectivity index (χ1v) is 12.1. The van der Waals surface area contributed by atoms with Crippen molar-refractivity contribution in [1.29, 1.82) is 0 Å². The molecular formula is C23H28N4O2S. The molecule has 1 N–H and O–H groups in total. The summed E-state index contributed by atoms with van der Waals surface area (Å²) in [7, 11) is 0. The highest BCUT2D eigenvalue weighted by atomic mass is 32.2. The molecule has 7 heteroatoms. The maximum Gasteiger partial charge on any atom is 0.287 e. The third-order valence-corrected chi connectivity index (χ3v) is 7.54. The van der Waals surface area contributed by atoms with Crippen LogP contribution in [0.4, 0.5) is 0 Å². The quantitative estimate of drug-likeness (QED) is 0.557. The largest absolute Gasteiger partial charge is 0.451 e. The molecule has 30 heavy (non-hydrogen) atoms. The highest BCUT2D eigenvalue weighted by Gasteiger charge is 2.26. The number of benzene rings is 1. The molecule has 3 aromatic rings. The minimum atomic E-state index is -0.136. The lowest BCUT2D eigenvalue weighted by Crippen LogP contribution is -2.27. The van der Waals surface area contributed by atoms with E-state index in [4.69, 9.17) is 4.42 Å². The zero-order valence-electron chi connectivity index (χ0n) is 17.2. The third kappa shape index (κ3) is 4.26. The van der Waals surface area contributed by atoms with Crippen molar-refractivity contribution in [3.8, 4) is 0 Å². The molecule has 2 heterocycles. The first-order chi connectivity index (χ1) is 14.8. The van der Waals surface area contributed by atoms with Crippen LogP contribution in [0.15, 0.2) is 35.0 Å². The van der Waals surface area contributed by atoms with Crippen LogP contribution >= 0.6 is 11.8 Å². The number of nitrogens with one attached hydrogen (secondary N) is 1. The van der Waals surface area contributed by atoms with Gasteiger partial charge in [0.25, 0.3) is 5.91 Å². The van der Waals surface area contributed by atoms with Crippen molar-refractivity contribution in [2.24, 2.45) is 0 Å². The van der Waals surface area contributed by atoms with Crippen LogP contribution in [-0.4, -0.2) is 32.5 Å². The molecule has 5 rings (SSSR count). The molecule has 0 spiro atoms. The second-order valence-corrected chi connectivity index (χ2v) is 9.66.